The third kappa shape index (κ3) is 3.56. The Morgan fingerprint density at radius 2 is 1.88 bits per heavy atom. The van der Waals surface area contributed by atoms with Gasteiger partial charge in [0.15, 0.2) is 0 Å². The molecule has 0 N–H and O–H groups in total. The fraction of sp³-hybridized carbons (Fsp3) is 0.333. The van der Waals surface area contributed by atoms with E-state index < -0.39 is 16.6 Å². The number of methoxy groups -OCH3 is 1. The van der Waals surface area contributed by atoms with E-state index >= 15 is 0 Å². The highest BCUT2D eigenvalue weighted by Crippen LogP contribution is 2.26. The Morgan fingerprint density at radius 1 is 1.29 bits per heavy atom. The molecule has 0 saturated heterocycles. The normalized spacial score (nSPS) is 11.7. The van der Waals surface area contributed by atoms with Gasteiger partial charge in [-0.25, -0.2) is 4.79 Å². The Labute approximate surface area is 108 Å². The van der Waals surface area contributed by atoms with E-state index in [-0.39, 0.29) is 6.61 Å². The van der Waals surface area contributed by atoms with E-state index in [4.69, 9.17) is 4.74 Å². The molecule has 92 valence electrons. The van der Waals surface area contributed by atoms with Gasteiger partial charge in [-0.3, -0.25) is 4.79 Å². The van der Waals surface area contributed by atoms with Crippen LogP contribution >= 0.6 is 15.9 Å². The van der Waals surface area contributed by atoms with Gasteiger partial charge in [0, 0.05) is 0 Å². The van der Waals surface area contributed by atoms with Crippen LogP contribution in [0.15, 0.2) is 24.3 Å². The number of ether oxygens (including phenoxy) is 2. The third-order valence-corrected chi connectivity index (χ3v) is 3.06. The van der Waals surface area contributed by atoms with Gasteiger partial charge < -0.3 is 9.47 Å². The first-order valence-corrected chi connectivity index (χ1v) is 6.00. The fourth-order valence-corrected chi connectivity index (χ4v) is 1.72. The summed E-state index contributed by atoms with van der Waals surface area (Å²) < 4.78 is 9.65. The molecule has 17 heavy (non-hydrogen) atoms. The predicted molar refractivity (Wildman–Crippen MR) is 66.3 cm³/mol. The van der Waals surface area contributed by atoms with Crippen LogP contribution < -0.4 is 4.74 Å². The van der Waals surface area contributed by atoms with Crippen molar-refractivity contribution < 1.29 is 19.1 Å². The number of benzene rings is 1. The number of hydrogen-bond donors (Lipinski definition) is 0. The lowest BCUT2D eigenvalue weighted by molar-refractivity contribution is -0.153. The van der Waals surface area contributed by atoms with Crippen molar-refractivity contribution in [3.63, 3.8) is 0 Å². The maximum absolute atomic E-state index is 11.6. The molecule has 0 aromatic heterocycles. The number of alkyl halides is 1. The van der Waals surface area contributed by atoms with Gasteiger partial charge in [0.05, 0.1) is 13.7 Å². The number of Topliss-reactive ketones (excluding diaryl/α,β-unsaturated/α-hetero) is 1. The highest BCUT2D eigenvalue weighted by Gasteiger charge is 2.25. The van der Waals surface area contributed by atoms with E-state index in [1.807, 2.05) is 0 Å². The van der Waals surface area contributed by atoms with E-state index in [0.717, 1.165) is 0 Å². The number of esters is 1. The summed E-state index contributed by atoms with van der Waals surface area (Å²) in [4.78, 5) is 22.2. The molecule has 0 spiro atoms. The minimum atomic E-state index is -0.829. The fourth-order valence-electron chi connectivity index (χ4n) is 1.23. The van der Waals surface area contributed by atoms with Gasteiger partial charge in [0.2, 0.25) is 0 Å². The van der Waals surface area contributed by atoms with E-state index in [9.17, 15) is 9.59 Å². The van der Waals surface area contributed by atoms with Crippen molar-refractivity contribution in [2.45, 2.75) is 11.8 Å². The van der Waals surface area contributed by atoms with Crippen molar-refractivity contribution in [2.75, 3.05) is 13.7 Å². The summed E-state index contributed by atoms with van der Waals surface area (Å²) in [6.45, 7) is 1.84. The molecule has 0 heterocycles. The predicted octanol–water partition coefficient (Wildman–Crippen LogP) is 2.26. The number of hydrogen-bond acceptors (Lipinski definition) is 4. The van der Waals surface area contributed by atoms with Crippen LogP contribution in [0, 0.1) is 0 Å². The van der Waals surface area contributed by atoms with Crippen molar-refractivity contribution in [3.05, 3.63) is 29.8 Å². The van der Waals surface area contributed by atoms with Crippen molar-refractivity contribution in [2.24, 2.45) is 0 Å². The molecule has 0 saturated carbocycles. The molecule has 1 unspecified atom stereocenters. The van der Waals surface area contributed by atoms with Gasteiger partial charge in [0.25, 0.3) is 5.78 Å². The second kappa shape index (κ2) is 6.39. The molecular weight excluding hydrogens is 288 g/mol. The summed E-state index contributed by atoms with van der Waals surface area (Å²) >= 11 is 3.18. The van der Waals surface area contributed by atoms with Crippen LogP contribution in [-0.2, 0) is 14.3 Å². The maximum atomic E-state index is 11.6. The second-order valence-electron chi connectivity index (χ2n) is 3.22. The molecule has 4 nitrogen and oxygen atoms in total. The standard InChI is InChI=1S/C12H13BrO4/c1-3-17-12(15)11(14)10(13)8-4-6-9(16-2)7-5-8/h4-7,10H,3H2,1-2H3. The number of carbonyl (C=O) groups is 2. The highest BCUT2D eigenvalue weighted by atomic mass is 79.9. The van der Waals surface area contributed by atoms with Crippen molar-refractivity contribution in [1.29, 1.82) is 0 Å². The van der Waals surface area contributed by atoms with Gasteiger partial charge >= 0.3 is 5.97 Å². The average molecular weight is 301 g/mol. The van der Waals surface area contributed by atoms with Crippen LogP contribution in [-0.4, -0.2) is 25.5 Å². The molecule has 1 rings (SSSR count). The quantitative estimate of drug-likeness (QED) is 0.475. The molecule has 0 aliphatic rings. The zero-order chi connectivity index (χ0) is 12.8. The maximum Gasteiger partial charge on any atom is 0.376 e. The van der Waals surface area contributed by atoms with Crippen LogP contribution in [0.5, 0.6) is 5.75 Å². The summed E-state index contributed by atoms with van der Waals surface area (Å²) in [6.07, 6.45) is 0. The Kier molecular flexibility index (Phi) is 5.15. The van der Waals surface area contributed by atoms with E-state index in [1.54, 1.807) is 38.3 Å². The second-order valence-corrected chi connectivity index (χ2v) is 4.14. The molecule has 0 aliphatic carbocycles. The lowest BCUT2D eigenvalue weighted by Crippen LogP contribution is -2.21. The molecule has 0 fully saturated rings. The zero-order valence-corrected chi connectivity index (χ0v) is 11.2. The largest absolute Gasteiger partial charge is 0.497 e. The summed E-state index contributed by atoms with van der Waals surface area (Å²) in [7, 11) is 1.56. The molecule has 1 aromatic carbocycles. The Morgan fingerprint density at radius 3 is 2.35 bits per heavy atom. The number of ketones is 1. The SMILES string of the molecule is CCOC(=O)C(=O)C(Br)c1ccc(OC)cc1. The Bertz CT molecular complexity index is 399. The molecule has 0 bridgehead atoms. The van der Waals surface area contributed by atoms with Gasteiger partial charge in [-0.05, 0) is 24.6 Å². The third-order valence-electron chi connectivity index (χ3n) is 2.12. The lowest BCUT2D eigenvalue weighted by atomic mass is 10.1. The summed E-state index contributed by atoms with van der Waals surface area (Å²) in [5, 5.41) is 0. The summed E-state index contributed by atoms with van der Waals surface area (Å²) in [6, 6.07) is 6.88. The molecule has 0 aliphatic heterocycles. The van der Waals surface area contributed by atoms with Crippen LogP contribution in [0.25, 0.3) is 0 Å². The molecule has 1 atom stereocenters. The first-order valence-electron chi connectivity index (χ1n) is 5.09. The lowest BCUT2D eigenvalue weighted by Gasteiger charge is -2.09. The highest BCUT2D eigenvalue weighted by molar-refractivity contribution is 9.09. The smallest absolute Gasteiger partial charge is 0.376 e. The Hall–Kier alpha value is -1.36. The number of halogens is 1. The van der Waals surface area contributed by atoms with E-state index in [2.05, 4.69) is 20.7 Å². The topological polar surface area (TPSA) is 52.6 Å². The van der Waals surface area contributed by atoms with Gasteiger partial charge in [-0.2, -0.15) is 0 Å². The van der Waals surface area contributed by atoms with Gasteiger partial charge in [-0.1, -0.05) is 28.1 Å². The monoisotopic (exact) mass is 300 g/mol. The summed E-state index contributed by atoms with van der Waals surface area (Å²) in [5.74, 6) is -0.751. The minimum absolute atomic E-state index is 0.187. The van der Waals surface area contributed by atoms with Crippen LogP contribution in [0.3, 0.4) is 0 Å². The van der Waals surface area contributed by atoms with Gasteiger partial charge in [0.1, 0.15) is 10.6 Å². The molecule has 0 radical (unpaired) electrons. The summed E-state index contributed by atoms with van der Waals surface area (Å²) in [5.41, 5.74) is 0.684. The zero-order valence-electron chi connectivity index (χ0n) is 9.60. The van der Waals surface area contributed by atoms with Crippen LogP contribution in [0.2, 0.25) is 0 Å². The first kappa shape index (κ1) is 13.7. The van der Waals surface area contributed by atoms with Crippen molar-refractivity contribution in [3.8, 4) is 5.75 Å². The van der Waals surface area contributed by atoms with Crippen LogP contribution in [0.1, 0.15) is 17.3 Å². The molecule has 0 amide bonds. The average Bonchev–Trinajstić information content (AvgIpc) is 2.37. The van der Waals surface area contributed by atoms with E-state index in [0.29, 0.717) is 11.3 Å². The van der Waals surface area contributed by atoms with Crippen molar-refractivity contribution in [1.82, 2.24) is 0 Å². The first-order chi connectivity index (χ1) is 8.10. The van der Waals surface area contributed by atoms with E-state index in [1.165, 1.54) is 0 Å². The minimum Gasteiger partial charge on any atom is -0.497 e. The van der Waals surface area contributed by atoms with Gasteiger partial charge in [-0.15, -0.1) is 0 Å². The van der Waals surface area contributed by atoms with Crippen LogP contribution in [0.4, 0.5) is 0 Å². The molecule has 1 aromatic rings. The molecular formula is C12H13BrO4. The molecule has 5 heteroatoms. The Balaban J connectivity index is 2.77. The number of rotatable bonds is 5. The van der Waals surface area contributed by atoms with Crippen molar-refractivity contribution >= 4 is 27.7 Å². The number of carbonyl (C=O) groups excluding carboxylic acids is 2.